The lowest BCUT2D eigenvalue weighted by molar-refractivity contribution is 0.0985. The molecule has 0 aliphatic carbocycles. The third-order valence-corrected chi connectivity index (χ3v) is 4.42. The predicted octanol–water partition coefficient (Wildman–Crippen LogP) is 3.23. The van der Waals surface area contributed by atoms with Crippen LogP contribution in [0.1, 0.15) is 27.9 Å². The van der Waals surface area contributed by atoms with Gasteiger partial charge in [0.15, 0.2) is 0 Å². The number of hydrogen-bond donors (Lipinski definition) is 1. The highest BCUT2D eigenvalue weighted by atomic mass is 32.1. The van der Waals surface area contributed by atoms with Crippen LogP contribution in [0.4, 0.5) is 11.4 Å². The van der Waals surface area contributed by atoms with Gasteiger partial charge in [-0.1, -0.05) is 6.07 Å². The number of nitrogen functional groups attached to an aromatic ring is 1. The average Bonchev–Trinajstić information content (AvgIpc) is 2.83. The lowest BCUT2D eigenvalue weighted by Crippen LogP contribution is -2.35. The zero-order valence-electron chi connectivity index (χ0n) is 10.8. The zero-order valence-corrected chi connectivity index (χ0v) is 11.7. The summed E-state index contributed by atoms with van der Waals surface area (Å²) in [6.45, 7) is 2.75. The van der Waals surface area contributed by atoms with Crippen LogP contribution in [0.3, 0.4) is 0 Å². The second-order valence-electron chi connectivity index (χ2n) is 4.92. The van der Waals surface area contributed by atoms with Crippen LogP contribution >= 0.6 is 11.3 Å². The molecule has 0 bridgehead atoms. The van der Waals surface area contributed by atoms with Gasteiger partial charge in [0, 0.05) is 23.3 Å². The molecule has 2 aromatic rings. The number of nitrogens with two attached hydrogens (primary N) is 1. The summed E-state index contributed by atoms with van der Waals surface area (Å²) in [5.74, 6) is 0.0882. The molecule has 4 heteroatoms. The number of carbonyl (C=O) groups excluding carboxylic acids is 1. The van der Waals surface area contributed by atoms with Crippen molar-refractivity contribution in [2.24, 2.45) is 0 Å². The summed E-state index contributed by atoms with van der Waals surface area (Å²) in [7, 11) is 0. The van der Waals surface area contributed by atoms with E-state index >= 15 is 0 Å². The van der Waals surface area contributed by atoms with Gasteiger partial charge in [-0.2, -0.15) is 11.3 Å². The number of fused-ring (bicyclic) bond motifs is 1. The van der Waals surface area contributed by atoms with Crippen molar-refractivity contribution in [1.29, 1.82) is 0 Å². The van der Waals surface area contributed by atoms with Crippen molar-refractivity contribution in [2.75, 3.05) is 17.2 Å². The summed E-state index contributed by atoms with van der Waals surface area (Å²) in [5, 5.41) is 3.94. The lowest BCUT2D eigenvalue weighted by Gasteiger charge is -2.29. The number of carbonyl (C=O) groups is 1. The van der Waals surface area contributed by atoms with E-state index in [4.69, 9.17) is 5.73 Å². The van der Waals surface area contributed by atoms with Crippen LogP contribution in [0.15, 0.2) is 29.0 Å². The van der Waals surface area contributed by atoms with E-state index in [2.05, 4.69) is 0 Å². The van der Waals surface area contributed by atoms with Crippen LogP contribution in [0.5, 0.6) is 0 Å². The molecule has 0 spiro atoms. The van der Waals surface area contributed by atoms with E-state index in [0.29, 0.717) is 5.69 Å². The van der Waals surface area contributed by atoms with E-state index in [1.807, 2.05) is 40.8 Å². The van der Waals surface area contributed by atoms with E-state index in [9.17, 15) is 4.79 Å². The fourth-order valence-corrected chi connectivity index (χ4v) is 3.35. The Kier molecular flexibility index (Phi) is 3.03. The van der Waals surface area contributed by atoms with Gasteiger partial charge in [0.1, 0.15) is 0 Å². The van der Waals surface area contributed by atoms with E-state index in [1.165, 1.54) is 5.56 Å². The highest BCUT2D eigenvalue weighted by Gasteiger charge is 2.24. The molecule has 1 aliphatic heterocycles. The number of hydrogen-bond acceptors (Lipinski definition) is 3. The van der Waals surface area contributed by atoms with Crippen molar-refractivity contribution in [2.45, 2.75) is 19.8 Å². The summed E-state index contributed by atoms with van der Waals surface area (Å²) in [6, 6.07) is 5.85. The molecule has 3 nitrogen and oxygen atoms in total. The van der Waals surface area contributed by atoms with Crippen molar-refractivity contribution in [3.05, 3.63) is 45.6 Å². The summed E-state index contributed by atoms with van der Waals surface area (Å²) < 4.78 is 0. The predicted molar refractivity (Wildman–Crippen MR) is 79.9 cm³/mol. The highest BCUT2D eigenvalue weighted by Crippen LogP contribution is 2.31. The minimum Gasteiger partial charge on any atom is -0.399 e. The normalized spacial score (nSPS) is 14.3. The Hall–Kier alpha value is -1.81. The Balaban J connectivity index is 2.02. The number of amides is 1. The van der Waals surface area contributed by atoms with Crippen molar-refractivity contribution in [3.8, 4) is 0 Å². The molecule has 0 fully saturated rings. The number of anilines is 2. The first-order chi connectivity index (χ1) is 9.16. The fraction of sp³-hybridized carbons (Fsp3) is 0.267. The third-order valence-electron chi connectivity index (χ3n) is 3.56. The molecule has 2 N–H and O–H groups in total. The van der Waals surface area contributed by atoms with Gasteiger partial charge < -0.3 is 10.6 Å². The maximum atomic E-state index is 12.6. The van der Waals surface area contributed by atoms with Crippen molar-refractivity contribution >= 4 is 28.6 Å². The zero-order chi connectivity index (χ0) is 13.4. The van der Waals surface area contributed by atoms with E-state index in [1.54, 1.807) is 11.3 Å². The first kappa shape index (κ1) is 12.2. The van der Waals surface area contributed by atoms with Gasteiger partial charge in [-0.3, -0.25) is 4.79 Å². The van der Waals surface area contributed by atoms with Crippen LogP contribution in [0.25, 0.3) is 0 Å². The van der Waals surface area contributed by atoms with Crippen molar-refractivity contribution in [3.63, 3.8) is 0 Å². The Morgan fingerprint density at radius 1 is 1.37 bits per heavy atom. The molecule has 1 aromatic carbocycles. The molecule has 19 heavy (non-hydrogen) atoms. The SMILES string of the molecule is Cc1cscc1C(=O)N1CCCc2ccc(N)cc21. The summed E-state index contributed by atoms with van der Waals surface area (Å²) in [4.78, 5) is 14.5. The first-order valence-electron chi connectivity index (χ1n) is 6.40. The highest BCUT2D eigenvalue weighted by molar-refractivity contribution is 7.08. The maximum Gasteiger partial charge on any atom is 0.259 e. The van der Waals surface area contributed by atoms with E-state index < -0.39 is 0 Å². The second kappa shape index (κ2) is 4.70. The van der Waals surface area contributed by atoms with Gasteiger partial charge in [0.2, 0.25) is 0 Å². The molecule has 0 radical (unpaired) electrons. The lowest BCUT2D eigenvalue weighted by atomic mass is 10.00. The Labute approximate surface area is 116 Å². The Bertz CT molecular complexity index is 633. The van der Waals surface area contributed by atoms with E-state index in [0.717, 1.165) is 36.2 Å². The molecule has 0 saturated heterocycles. The molecule has 0 atom stereocenters. The topological polar surface area (TPSA) is 46.3 Å². The van der Waals surface area contributed by atoms with Crippen LogP contribution in [-0.2, 0) is 6.42 Å². The number of rotatable bonds is 1. The van der Waals surface area contributed by atoms with E-state index in [-0.39, 0.29) is 5.91 Å². The smallest absolute Gasteiger partial charge is 0.259 e. The molecular weight excluding hydrogens is 256 g/mol. The largest absolute Gasteiger partial charge is 0.399 e. The van der Waals surface area contributed by atoms with Crippen molar-refractivity contribution in [1.82, 2.24) is 0 Å². The van der Waals surface area contributed by atoms with Crippen LogP contribution < -0.4 is 10.6 Å². The molecule has 1 aliphatic rings. The van der Waals surface area contributed by atoms with Gasteiger partial charge in [0.25, 0.3) is 5.91 Å². The third kappa shape index (κ3) is 2.12. The van der Waals surface area contributed by atoms with Gasteiger partial charge in [-0.25, -0.2) is 0 Å². The van der Waals surface area contributed by atoms with Crippen LogP contribution in [-0.4, -0.2) is 12.5 Å². The number of nitrogens with zero attached hydrogens (tertiary/aromatic N) is 1. The van der Waals surface area contributed by atoms with Gasteiger partial charge in [-0.15, -0.1) is 0 Å². The standard InChI is InChI=1S/C15H16N2OS/c1-10-8-19-9-13(10)15(18)17-6-2-3-11-4-5-12(16)7-14(11)17/h4-5,7-9H,2-3,6,16H2,1H3. The maximum absolute atomic E-state index is 12.6. The molecule has 1 aromatic heterocycles. The molecular formula is C15H16N2OS. The number of benzene rings is 1. The number of aryl methyl sites for hydroxylation is 2. The van der Waals surface area contributed by atoms with Gasteiger partial charge in [0.05, 0.1) is 5.56 Å². The monoisotopic (exact) mass is 272 g/mol. The molecule has 0 unspecified atom stereocenters. The summed E-state index contributed by atoms with van der Waals surface area (Å²) >= 11 is 1.57. The molecule has 3 rings (SSSR count). The summed E-state index contributed by atoms with van der Waals surface area (Å²) in [6.07, 6.45) is 2.02. The average molecular weight is 272 g/mol. The Morgan fingerprint density at radius 2 is 2.21 bits per heavy atom. The second-order valence-corrected chi connectivity index (χ2v) is 5.66. The van der Waals surface area contributed by atoms with Gasteiger partial charge >= 0.3 is 0 Å². The number of thiophene rings is 1. The minimum absolute atomic E-state index is 0.0882. The van der Waals surface area contributed by atoms with Crippen molar-refractivity contribution < 1.29 is 4.79 Å². The summed E-state index contributed by atoms with van der Waals surface area (Å²) in [5.41, 5.74) is 10.6. The molecule has 98 valence electrons. The molecule has 1 amide bonds. The fourth-order valence-electron chi connectivity index (χ4n) is 2.53. The first-order valence-corrected chi connectivity index (χ1v) is 7.34. The van der Waals surface area contributed by atoms with Crippen LogP contribution in [0.2, 0.25) is 0 Å². The molecule has 0 saturated carbocycles. The Morgan fingerprint density at radius 3 is 2.95 bits per heavy atom. The van der Waals surface area contributed by atoms with Crippen LogP contribution in [0, 0.1) is 6.92 Å². The minimum atomic E-state index is 0.0882. The molecule has 2 heterocycles. The van der Waals surface area contributed by atoms with Gasteiger partial charge in [-0.05, 0) is 48.4 Å². The quantitative estimate of drug-likeness (QED) is 0.810.